The number of rotatable bonds is 24. The average Bonchev–Trinajstić information content (AvgIpc) is 2.92. The Balaban J connectivity index is 1.19. The van der Waals surface area contributed by atoms with Crippen molar-refractivity contribution in [1.29, 1.82) is 0 Å². The normalized spacial score (nSPS) is 14.2. The van der Waals surface area contributed by atoms with Gasteiger partial charge in [0.05, 0.1) is 92.0 Å². The fourth-order valence-electron chi connectivity index (χ4n) is 3.30. The summed E-state index contributed by atoms with van der Waals surface area (Å²) in [6, 6.07) is 6.95. The third-order valence-corrected chi connectivity index (χ3v) is 5.24. The maximum absolute atomic E-state index is 10.6. The van der Waals surface area contributed by atoms with Crippen LogP contribution in [0.15, 0.2) is 24.3 Å². The quantitative estimate of drug-likeness (QED) is 0.162. The van der Waals surface area contributed by atoms with E-state index in [4.69, 9.17) is 37.9 Å². The van der Waals surface area contributed by atoms with Gasteiger partial charge in [-0.25, -0.2) is 0 Å². The minimum absolute atomic E-state index is 0.373. The molecule has 2 rings (SSSR count). The van der Waals surface area contributed by atoms with E-state index in [9.17, 15) is 4.79 Å². The van der Waals surface area contributed by atoms with E-state index in [1.54, 1.807) is 24.3 Å². The first-order valence-electron chi connectivity index (χ1n) is 12.9. The monoisotopic (exact) mass is 513 g/mol. The molecule has 1 N–H and O–H groups in total. The minimum Gasteiger partial charge on any atom is -0.491 e. The Morgan fingerprint density at radius 3 is 1.47 bits per heavy atom. The molecule has 1 heterocycles. The molecule has 1 fully saturated rings. The maximum atomic E-state index is 10.6. The molecule has 0 amide bonds. The highest BCUT2D eigenvalue weighted by molar-refractivity contribution is 5.74. The van der Waals surface area contributed by atoms with Crippen LogP contribution in [0.2, 0.25) is 0 Å². The van der Waals surface area contributed by atoms with E-state index in [-0.39, 0.29) is 0 Å². The van der Waals surface area contributed by atoms with E-state index in [0.29, 0.717) is 110 Å². The number of ether oxygens (including phenoxy) is 8. The summed E-state index contributed by atoms with van der Waals surface area (Å²) in [5.74, 6) is 0.712. The van der Waals surface area contributed by atoms with Crippen molar-refractivity contribution in [2.45, 2.75) is 18.9 Å². The highest BCUT2D eigenvalue weighted by Crippen LogP contribution is 2.10. The number of carbonyl (C=O) groups is 1. The molecule has 0 saturated carbocycles. The molecule has 206 valence electrons. The Kier molecular flexibility index (Phi) is 19.2. The van der Waals surface area contributed by atoms with E-state index in [0.717, 1.165) is 32.2 Å². The van der Waals surface area contributed by atoms with Crippen LogP contribution < -0.4 is 10.1 Å². The molecular formula is C26H43NO9. The Labute approximate surface area is 214 Å². The average molecular weight is 514 g/mol. The molecule has 0 aromatic heterocycles. The van der Waals surface area contributed by atoms with Crippen molar-refractivity contribution in [3.05, 3.63) is 29.8 Å². The summed E-state index contributed by atoms with van der Waals surface area (Å²) in [6.45, 7) is 9.48. The molecule has 36 heavy (non-hydrogen) atoms. The van der Waals surface area contributed by atoms with Gasteiger partial charge in [0.25, 0.3) is 0 Å². The smallest absolute Gasteiger partial charge is 0.150 e. The predicted molar refractivity (Wildman–Crippen MR) is 134 cm³/mol. The Morgan fingerprint density at radius 2 is 1.03 bits per heavy atom. The van der Waals surface area contributed by atoms with Crippen LogP contribution in [0.3, 0.4) is 0 Å². The van der Waals surface area contributed by atoms with Crippen LogP contribution in [0, 0.1) is 0 Å². The lowest BCUT2D eigenvalue weighted by Crippen LogP contribution is -2.33. The molecule has 1 saturated heterocycles. The van der Waals surface area contributed by atoms with E-state index in [1.165, 1.54) is 0 Å². The highest BCUT2D eigenvalue weighted by atomic mass is 16.6. The van der Waals surface area contributed by atoms with Crippen LogP contribution in [0.25, 0.3) is 0 Å². The lowest BCUT2D eigenvalue weighted by molar-refractivity contribution is -0.0308. The summed E-state index contributed by atoms with van der Waals surface area (Å²) < 4.78 is 44.1. The highest BCUT2D eigenvalue weighted by Gasteiger charge is 2.12. The zero-order valence-corrected chi connectivity index (χ0v) is 21.4. The summed E-state index contributed by atoms with van der Waals surface area (Å²) in [4.78, 5) is 10.6. The summed E-state index contributed by atoms with van der Waals surface area (Å²) in [7, 11) is 0. The fourth-order valence-corrected chi connectivity index (χ4v) is 3.30. The standard InChI is InChI=1S/C26H43NO9/c28-23-24-1-3-25(4-2-24)35-21-19-33-17-15-31-13-11-29-9-10-30-12-14-32-16-18-34-20-22-36-26-5-7-27-8-6-26/h1-4,23,26-27H,5-22H2. The third-order valence-electron chi connectivity index (χ3n) is 5.24. The van der Waals surface area contributed by atoms with Crippen molar-refractivity contribution in [2.75, 3.05) is 106 Å². The molecule has 0 atom stereocenters. The molecule has 0 unspecified atom stereocenters. The number of hydrogen-bond donors (Lipinski definition) is 1. The number of piperidine rings is 1. The molecule has 0 spiro atoms. The third kappa shape index (κ3) is 16.9. The second-order valence-corrected chi connectivity index (χ2v) is 8.03. The molecule has 0 bridgehead atoms. The SMILES string of the molecule is O=Cc1ccc(OCCOCCOCCOCCOCCOCCOCCOC2CCNCC2)cc1. The van der Waals surface area contributed by atoms with E-state index >= 15 is 0 Å². The number of benzene rings is 1. The first kappa shape index (κ1) is 30.6. The summed E-state index contributed by atoms with van der Waals surface area (Å²) in [5, 5.41) is 3.32. The van der Waals surface area contributed by atoms with Crippen LogP contribution >= 0.6 is 0 Å². The maximum Gasteiger partial charge on any atom is 0.150 e. The van der Waals surface area contributed by atoms with Gasteiger partial charge in [0.1, 0.15) is 18.6 Å². The van der Waals surface area contributed by atoms with Crippen LogP contribution in [-0.2, 0) is 33.2 Å². The molecule has 1 aliphatic heterocycles. The van der Waals surface area contributed by atoms with Gasteiger partial charge in [0, 0.05) is 5.56 Å². The topological polar surface area (TPSA) is 103 Å². The number of carbonyl (C=O) groups excluding carboxylic acids is 1. The van der Waals surface area contributed by atoms with Crippen LogP contribution in [0.4, 0.5) is 0 Å². The fraction of sp³-hybridized carbons (Fsp3) is 0.731. The van der Waals surface area contributed by atoms with Gasteiger partial charge in [-0.2, -0.15) is 0 Å². The molecule has 0 radical (unpaired) electrons. The van der Waals surface area contributed by atoms with E-state index in [2.05, 4.69) is 5.32 Å². The number of aldehydes is 1. The second-order valence-electron chi connectivity index (χ2n) is 8.03. The second kappa shape index (κ2) is 22.6. The molecule has 10 nitrogen and oxygen atoms in total. The van der Waals surface area contributed by atoms with Gasteiger partial charge >= 0.3 is 0 Å². The van der Waals surface area contributed by atoms with Gasteiger partial charge < -0.3 is 43.2 Å². The largest absolute Gasteiger partial charge is 0.491 e. The zero-order valence-electron chi connectivity index (χ0n) is 21.4. The first-order valence-corrected chi connectivity index (χ1v) is 12.9. The predicted octanol–water partition coefficient (Wildman–Crippen LogP) is 1.75. The van der Waals surface area contributed by atoms with Gasteiger partial charge in [0.15, 0.2) is 0 Å². The Bertz CT molecular complexity index is 626. The molecule has 1 aromatic carbocycles. The van der Waals surface area contributed by atoms with Gasteiger partial charge in [-0.3, -0.25) is 4.79 Å². The molecule has 1 aromatic rings. The summed E-state index contributed by atoms with van der Waals surface area (Å²) in [6.07, 6.45) is 3.34. The van der Waals surface area contributed by atoms with E-state index in [1.807, 2.05) is 0 Å². The van der Waals surface area contributed by atoms with Crippen molar-refractivity contribution in [2.24, 2.45) is 0 Å². The van der Waals surface area contributed by atoms with Gasteiger partial charge in [-0.05, 0) is 50.2 Å². The molecule has 0 aliphatic carbocycles. The van der Waals surface area contributed by atoms with Gasteiger partial charge in [-0.15, -0.1) is 0 Å². The van der Waals surface area contributed by atoms with Crippen LogP contribution in [0.1, 0.15) is 23.2 Å². The summed E-state index contributed by atoms with van der Waals surface area (Å²) >= 11 is 0. The van der Waals surface area contributed by atoms with E-state index < -0.39 is 0 Å². The van der Waals surface area contributed by atoms with Gasteiger partial charge in [0.2, 0.25) is 0 Å². The zero-order chi connectivity index (χ0) is 25.4. The van der Waals surface area contributed by atoms with Gasteiger partial charge in [-0.1, -0.05) is 0 Å². The number of nitrogens with one attached hydrogen (secondary N) is 1. The molecule has 1 aliphatic rings. The number of hydrogen-bond acceptors (Lipinski definition) is 10. The Hall–Kier alpha value is -1.63. The first-order chi connectivity index (χ1) is 17.9. The van der Waals surface area contributed by atoms with Crippen molar-refractivity contribution in [3.8, 4) is 5.75 Å². The molecule has 10 heteroatoms. The Morgan fingerprint density at radius 1 is 0.611 bits per heavy atom. The van der Waals surface area contributed by atoms with Crippen molar-refractivity contribution < 1.29 is 42.7 Å². The lowest BCUT2D eigenvalue weighted by atomic mass is 10.1. The van der Waals surface area contributed by atoms with Crippen molar-refractivity contribution >= 4 is 6.29 Å². The van der Waals surface area contributed by atoms with Crippen LogP contribution in [-0.4, -0.2) is 118 Å². The van der Waals surface area contributed by atoms with Crippen molar-refractivity contribution in [3.63, 3.8) is 0 Å². The van der Waals surface area contributed by atoms with Crippen molar-refractivity contribution in [1.82, 2.24) is 5.32 Å². The molecular weight excluding hydrogens is 470 g/mol. The minimum atomic E-state index is 0.373. The lowest BCUT2D eigenvalue weighted by Gasteiger charge is -2.22. The summed E-state index contributed by atoms with van der Waals surface area (Å²) in [5.41, 5.74) is 0.624. The van der Waals surface area contributed by atoms with Crippen LogP contribution in [0.5, 0.6) is 5.75 Å².